The van der Waals surface area contributed by atoms with E-state index in [0.717, 1.165) is 31.3 Å². The Kier molecular flexibility index (Phi) is 2.28. The third-order valence-corrected chi connectivity index (χ3v) is 2.34. The van der Waals surface area contributed by atoms with Crippen LogP contribution in [0.3, 0.4) is 0 Å². The highest BCUT2D eigenvalue weighted by Gasteiger charge is 2.20. The molecule has 1 saturated heterocycles. The molecular formula is C8H14N4O. The van der Waals surface area contributed by atoms with Crippen LogP contribution in [0.5, 0.6) is 0 Å². The molecule has 1 fully saturated rings. The molecule has 0 radical (unpaired) electrons. The van der Waals surface area contributed by atoms with E-state index in [1.54, 1.807) is 0 Å². The lowest BCUT2D eigenvalue weighted by Gasteiger charge is -2.22. The molecule has 2 rings (SSSR count). The van der Waals surface area contributed by atoms with E-state index >= 15 is 0 Å². The summed E-state index contributed by atoms with van der Waals surface area (Å²) >= 11 is 0. The Balaban J connectivity index is 2.18. The number of hydrogen-bond acceptors (Lipinski definition) is 4. The standard InChI is InChI=1S/C8H14N4O/c1-6-10-11-8(12(6)2)7-5-9-3-4-13-7/h7,9H,3-5H2,1-2H3. The monoisotopic (exact) mass is 182 g/mol. The van der Waals surface area contributed by atoms with Crippen molar-refractivity contribution in [1.82, 2.24) is 20.1 Å². The van der Waals surface area contributed by atoms with Gasteiger partial charge in [0.2, 0.25) is 0 Å². The minimum Gasteiger partial charge on any atom is -0.368 e. The molecule has 1 aromatic heterocycles. The van der Waals surface area contributed by atoms with Gasteiger partial charge in [0.15, 0.2) is 5.82 Å². The van der Waals surface area contributed by atoms with Gasteiger partial charge in [-0.3, -0.25) is 0 Å². The first-order valence-electron chi connectivity index (χ1n) is 4.47. The molecule has 5 nitrogen and oxygen atoms in total. The van der Waals surface area contributed by atoms with Gasteiger partial charge in [0.05, 0.1) is 6.61 Å². The lowest BCUT2D eigenvalue weighted by atomic mass is 10.3. The Hall–Kier alpha value is -0.940. The van der Waals surface area contributed by atoms with E-state index in [-0.39, 0.29) is 6.10 Å². The van der Waals surface area contributed by atoms with Crippen molar-refractivity contribution >= 4 is 0 Å². The van der Waals surface area contributed by atoms with Crippen molar-refractivity contribution in [2.24, 2.45) is 7.05 Å². The zero-order valence-corrected chi connectivity index (χ0v) is 7.95. The first-order chi connectivity index (χ1) is 6.29. The average molecular weight is 182 g/mol. The Morgan fingerprint density at radius 1 is 1.54 bits per heavy atom. The zero-order valence-electron chi connectivity index (χ0n) is 7.95. The number of ether oxygens (including phenoxy) is 1. The third-order valence-electron chi connectivity index (χ3n) is 2.34. The summed E-state index contributed by atoms with van der Waals surface area (Å²) in [5.74, 6) is 1.83. The lowest BCUT2D eigenvalue weighted by Crippen LogP contribution is -2.34. The zero-order chi connectivity index (χ0) is 9.26. The Morgan fingerprint density at radius 3 is 2.92 bits per heavy atom. The Morgan fingerprint density at radius 2 is 2.38 bits per heavy atom. The van der Waals surface area contributed by atoms with E-state index < -0.39 is 0 Å². The maximum atomic E-state index is 5.57. The first kappa shape index (κ1) is 8.65. The molecule has 0 aromatic carbocycles. The summed E-state index contributed by atoms with van der Waals surface area (Å²) in [4.78, 5) is 0. The van der Waals surface area contributed by atoms with E-state index in [1.165, 1.54) is 0 Å². The summed E-state index contributed by atoms with van der Waals surface area (Å²) in [6, 6.07) is 0. The smallest absolute Gasteiger partial charge is 0.163 e. The van der Waals surface area contributed by atoms with E-state index in [4.69, 9.17) is 4.74 Å². The molecule has 5 heteroatoms. The van der Waals surface area contributed by atoms with Crippen molar-refractivity contribution in [3.05, 3.63) is 11.6 Å². The molecular weight excluding hydrogens is 168 g/mol. The molecule has 1 unspecified atom stereocenters. The molecule has 13 heavy (non-hydrogen) atoms. The van der Waals surface area contributed by atoms with Crippen LogP contribution in [-0.2, 0) is 11.8 Å². The van der Waals surface area contributed by atoms with Gasteiger partial charge < -0.3 is 14.6 Å². The first-order valence-corrected chi connectivity index (χ1v) is 4.47. The van der Waals surface area contributed by atoms with Gasteiger partial charge in [-0.15, -0.1) is 10.2 Å². The number of nitrogens with one attached hydrogen (secondary N) is 1. The number of rotatable bonds is 1. The van der Waals surface area contributed by atoms with Crippen molar-refractivity contribution in [3.63, 3.8) is 0 Å². The largest absolute Gasteiger partial charge is 0.368 e. The van der Waals surface area contributed by atoms with Gasteiger partial charge in [-0.25, -0.2) is 0 Å². The van der Waals surface area contributed by atoms with Gasteiger partial charge in [0.1, 0.15) is 11.9 Å². The van der Waals surface area contributed by atoms with Crippen molar-refractivity contribution in [3.8, 4) is 0 Å². The van der Waals surface area contributed by atoms with Crippen LogP contribution in [0.4, 0.5) is 0 Å². The molecule has 1 aliphatic heterocycles. The van der Waals surface area contributed by atoms with E-state index in [1.807, 2.05) is 18.5 Å². The number of nitrogens with zero attached hydrogens (tertiary/aromatic N) is 3. The summed E-state index contributed by atoms with van der Waals surface area (Å²) in [6.45, 7) is 4.43. The lowest BCUT2D eigenvalue weighted by molar-refractivity contribution is 0.0202. The van der Waals surface area contributed by atoms with Gasteiger partial charge in [0, 0.05) is 20.1 Å². The minimum absolute atomic E-state index is 0.0555. The molecule has 0 spiro atoms. The number of hydrogen-bond donors (Lipinski definition) is 1. The van der Waals surface area contributed by atoms with Crippen LogP contribution in [-0.4, -0.2) is 34.5 Å². The summed E-state index contributed by atoms with van der Waals surface area (Å²) in [5.41, 5.74) is 0. The Labute approximate surface area is 77.1 Å². The van der Waals surface area contributed by atoms with E-state index in [0.29, 0.717) is 0 Å². The van der Waals surface area contributed by atoms with E-state index in [9.17, 15) is 0 Å². The molecule has 0 aliphatic carbocycles. The quantitative estimate of drug-likeness (QED) is 0.652. The molecule has 72 valence electrons. The highest BCUT2D eigenvalue weighted by molar-refractivity contribution is 4.98. The summed E-state index contributed by atoms with van der Waals surface area (Å²) < 4.78 is 7.54. The maximum Gasteiger partial charge on any atom is 0.163 e. The average Bonchev–Trinajstić information content (AvgIpc) is 2.49. The number of aryl methyl sites for hydroxylation is 1. The van der Waals surface area contributed by atoms with Crippen LogP contribution >= 0.6 is 0 Å². The van der Waals surface area contributed by atoms with Crippen LogP contribution in [0, 0.1) is 6.92 Å². The van der Waals surface area contributed by atoms with Crippen LogP contribution in [0.15, 0.2) is 0 Å². The van der Waals surface area contributed by atoms with Crippen LogP contribution in [0.2, 0.25) is 0 Å². The molecule has 2 heterocycles. The summed E-state index contributed by atoms with van der Waals surface area (Å²) in [6.07, 6.45) is 0.0555. The van der Waals surface area contributed by atoms with E-state index in [2.05, 4.69) is 15.5 Å². The number of aromatic nitrogens is 3. The second-order valence-corrected chi connectivity index (χ2v) is 3.23. The SMILES string of the molecule is Cc1nnc(C2CNCCO2)n1C. The third kappa shape index (κ3) is 1.57. The Bertz CT molecular complexity index is 290. The molecule has 0 saturated carbocycles. The van der Waals surface area contributed by atoms with Crippen LogP contribution in [0.1, 0.15) is 17.8 Å². The minimum atomic E-state index is 0.0555. The highest BCUT2D eigenvalue weighted by atomic mass is 16.5. The molecule has 1 atom stereocenters. The summed E-state index contributed by atoms with van der Waals surface area (Å²) in [5, 5.41) is 11.3. The van der Waals surface area contributed by atoms with Gasteiger partial charge in [-0.2, -0.15) is 0 Å². The van der Waals surface area contributed by atoms with Gasteiger partial charge in [0.25, 0.3) is 0 Å². The van der Waals surface area contributed by atoms with Crippen LogP contribution < -0.4 is 5.32 Å². The fourth-order valence-electron chi connectivity index (χ4n) is 1.44. The van der Waals surface area contributed by atoms with Crippen molar-refractivity contribution in [2.45, 2.75) is 13.0 Å². The fraction of sp³-hybridized carbons (Fsp3) is 0.750. The molecule has 0 amide bonds. The van der Waals surface area contributed by atoms with Crippen molar-refractivity contribution in [1.29, 1.82) is 0 Å². The fourth-order valence-corrected chi connectivity index (χ4v) is 1.44. The normalized spacial score (nSPS) is 23.4. The molecule has 1 aromatic rings. The van der Waals surface area contributed by atoms with Gasteiger partial charge in [-0.05, 0) is 6.92 Å². The summed E-state index contributed by atoms with van der Waals surface area (Å²) in [7, 11) is 1.96. The van der Waals surface area contributed by atoms with Gasteiger partial charge in [-0.1, -0.05) is 0 Å². The molecule has 1 aliphatic rings. The predicted octanol–water partition coefficient (Wildman–Crippen LogP) is -0.216. The second-order valence-electron chi connectivity index (χ2n) is 3.23. The topological polar surface area (TPSA) is 52.0 Å². The maximum absolute atomic E-state index is 5.57. The second kappa shape index (κ2) is 3.43. The molecule has 0 bridgehead atoms. The van der Waals surface area contributed by atoms with Crippen molar-refractivity contribution < 1.29 is 4.74 Å². The number of morpholine rings is 1. The highest BCUT2D eigenvalue weighted by Crippen LogP contribution is 2.15. The van der Waals surface area contributed by atoms with Crippen molar-refractivity contribution in [2.75, 3.05) is 19.7 Å². The van der Waals surface area contributed by atoms with Gasteiger partial charge >= 0.3 is 0 Å². The predicted molar refractivity (Wildman–Crippen MR) is 47.3 cm³/mol. The molecule has 1 N–H and O–H groups in total. The van der Waals surface area contributed by atoms with Crippen LogP contribution in [0.25, 0.3) is 0 Å².